The van der Waals surface area contributed by atoms with Crippen molar-refractivity contribution in [1.82, 2.24) is 0 Å². The van der Waals surface area contributed by atoms with Gasteiger partial charge >= 0.3 is 0 Å². The Bertz CT molecular complexity index is 641. The summed E-state index contributed by atoms with van der Waals surface area (Å²) in [5, 5.41) is 2.77. The minimum absolute atomic E-state index is 0.0545. The third-order valence-corrected chi connectivity index (χ3v) is 4.21. The van der Waals surface area contributed by atoms with E-state index in [1.807, 2.05) is 30.3 Å². The average Bonchev–Trinajstić information content (AvgIpc) is 2.83. The van der Waals surface area contributed by atoms with Gasteiger partial charge in [0.25, 0.3) is 5.91 Å². The van der Waals surface area contributed by atoms with Crippen LogP contribution < -0.4 is 15.8 Å². The molecule has 1 aliphatic rings. The van der Waals surface area contributed by atoms with Gasteiger partial charge < -0.3 is 15.8 Å². The highest BCUT2D eigenvalue weighted by Crippen LogP contribution is 2.34. The van der Waals surface area contributed by atoms with E-state index in [1.54, 1.807) is 0 Å². The van der Waals surface area contributed by atoms with Gasteiger partial charge in [0.2, 0.25) is 0 Å². The van der Waals surface area contributed by atoms with Gasteiger partial charge in [-0.25, -0.2) is 0 Å². The third-order valence-electron chi connectivity index (χ3n) is 2.90. The molecule has 2 heterocycles. The number of amides is 1. The Labute approximate surface area is 119 Å². The maximum atomic E-state index is 11.3. The Kier molecular flexibility index (Phi) is 3.18. The molecule has 0 spiro atoms. The minimum Gasteiger partial charge on any atom is -0.482 e. The molecule has 19 heavy (non-hydrogen) atoms. The fraction of sp³-hybridized carbons (Fsp3) is 0.154. The number of nitrogens with one attached hydrogen (secondary N) is 1. The van der Waals surface area contributed by atoms with Crippen LogP contribution >= 0.6 is 22.9 Å². The lowest BCUT2D eigenvalue weighted by Crippen LogP contribution is -2.25. The zero-order chi connectivity index (χ0) is 13.4. The van der Waals surface area contributed by atoms with Gasteiger partial charge in [-0.1, -0.05) is 17.7 Å². The minimum atomic E-state index is -0.262. The summed E-state index contributed by atoms with van der Waals surface area (Å²) >= 11 is 7.36. The van der Waals surface area contributed by atoms with E-state index in [1.165, 1.54) is 11.3 Å². The van der Waals surface area contributed by atoms with Crippen molar-refractivity contribution < 1.29 is 9.53 Å². The van der Waals surface area contributed by atoms with Gasteiger partial charge in [-0.3, -0.25) is 4.79 Å². The largest absolute Gasteiger partial charge is 0.482 e. The highest BCUT2D eigenvalue weighted by molar-refractivity contribution is 7.16. The van der Waals surface area contributed by atoms with Crippen LogP contribution in [0.3, 0.4) is 0 Å². The van der Waals surface area contributed by atoms with E-state index in [-0.39, 0.29) is 18.6 Å². The number of benzene rings is 1. The van der Waals surface area contributed by atoms with Gasteiger partial charge in [0, 0.05) is 4.88 Å². The Balaban J connectivity index is 1.93. The zero-order valence-corrected chi connectivity index (χ0v) is 11.4. The standard InChI is InChI=1S/C13H11ClN2O2S/c14-11-4-3-10(19-11)13(15)7-1-2-9-8(5-7)16-12(17)6-18-9/h1-5,13H,6,15H2,(H,16,17). The van der Waals surface area contributed by atoms with Crippen LogP contribution in [-0.4, -0.2) is 12.5 Å². The fourth-order valence-electron chi connectivity index (χ4n) is 1.95. The molecule has 1 amide bonds. The molecule has 1 unspecified atom stereocenters. The van der Waals surface area contributed by atoms with Crippen LogP contribution in [0.1, 0.15) is 16.5 Å². The molecule has 0 saturated carbocycles. The third kappa shape index (κ3) is 2.45. The first-order valence-corrected chi connectivity index (χ1v) is 6.90. The lowest BCUT2D eigenvalue weighted by Gasteiger charge is -2.20. The maximum Gasteiger partial charge on any atom is 0.262 e. The highest BCUT2D eigenvalue weighted by atomic mass is 35.5. The molecule has 1 aliphatic heterocycles. The monoisotopic (exact) mass is 294 g/mol. The molecule has 6 heteroatoms. The number of fused-ring (bicyclic) bond motifs is 1. The second-order valence-corrected chi connectivity index (χ2v) is 5.96. The SMILES string of the molecule is NC(c1ccc2c(c1)NC(=O)CO2)c1ccc(Cl)s1. The number of carbonyl (C=O) groups excluding carboxylic acids is 1. The van der Waals surface area contributed by atoms with Crippen molar-refractivity contribution >= 4 is 34.5 Å². The Morgan fingerprint density at radius 3 is 2.95 bits per heavy atom. The number of hydrogen-bond donors (Lipinski definition) is 2. The molecule has 0 saturated heterocycles. The van der Waals surface area contributed by atoms with Crippen LogP contribution in [0.15, 0.2) is 30.3 Å². The van der Waals surface area contributed by atoms with Crippen molar-refractivity contribution in [3.05, 3.63) is 45.1 Å². The first-order chi connectivity index (χ1) is 9.13. The molecule has 3 N–H and O–H groups in total. The first-order valence-electron chi connectivity index (χ1n) is 5.71. The molecular formula is C13H11ClN2O2S. The first kappa shape index (κ1) is 12.5. The van der Waals surface area contributed by atoms with Gasteiger partial charge in [-0.15, -0.1) is 11.3 Å². The summed E-state index contributed by atoms with van der Waals surface area (Å²) in [6, 6.07) is 9.02. The fourth-order valence-corrected chi connectivity index (χ4v) is 3.04. The van der Waals surface area contributed by atoms with Crippen molar-refractivity contribution in [3.8, 4) is 5.75 Å². The average molecular weight is 295 g/mol. The summed E-state index contributed by atoms with van der Waals surface area (Å²) in [4.78, 5) is 12.3. The summed E-state index contributed by atoms with van der Waals surface area (Å²) in [7, 11) is 0. The van der Waals surface area contributed by atoms with Gasteiger partial charge in [0.15, 0.2) is 6.61 Å². The van der Waals surface area contributed by atoms with E-state index in [4.69, 9.17) is 22.1 Å². The summed E-state index contributed by atoms with van der Waals surface area (Å²) in [6.07, 6.45) is 0. The van der Waals surface area contributed by atoms with Gasteiger partial charge in [-0.05, 0) is 29.8 Å². The summed E-state index contributed by atoms with van der Waals surface area (Å²) in [5.41, 5.74) is 7.76. The summed E-state index contributed by atoms with van der Waals surface area (Å²) in [6.45, 7) is 0.0545. The summed E-state index contributed by atoms with van der Waals surface area (Å²) < 4.78 is 6.02. The van der Waals surface area contributed by atoms with Gasteiger partial charge in [0.1, 0.15) is 5.75 Å². The maximum absolute atomic E-state index is 11.3. The zero-order valence-electron chi connectivity index (χ0n) is 9.85. The normalized spacial score (nSPS) is 15.4. The van der Waals surface area contributed by atoms with E-state index in [0.717, 1.165) is 10.4 Å². The predicted octanol–water partition coefficient (Wildman–Crippen LogP) is 2.78. The molecule has 4 nitrogen and oxygen atoms in total. The smallest absolute Gasteiger partial charge is 0.262 e. The van der Waals surface area contributed by atoms with E-state index >= 15 is 0 Å². The number of carbonyl (C=O) groups is 1. The molecule has 0 aliphatic carbocycles. The van der Waals surface area contributed by atoms with E-state index in [2.05, 4.69) is 5.32 Å². The van der Waals surface area contributed by atoms with Crippen LogP contribution in [-0.2, 0) is 4.79 Å². The number of nitrogens with two attached hydrogens (primary N) is 1. The Hall–Kier alpha value is -1.56. The molecule has 1 atom stereocenters. The Morgan fingerprint density at radius 1 is 1.37 bits per heavy atom. The van der Waals surface area contributed by atoms with E-state index in [9.17, 15) is 4.79 Å². The number of halogens is 1. The molecule has 2 aromatic rings. The molecule has 0 fully saturated rings. The van der Waals surface area contributed by atoms with Crippen LogP contribution in [0.25, 0.3) is 0 Å². The topological polar surface area (TPSA) is 64.3 Å². The van der Waals surface area contributed by atoms with Crippen LogP contribution in [0.2, 0.25) is 4.34 Å². The van der Waals surface area contributed by atoms with Crippen LogP contribution in [0.4, 0.5) is 5.69 Å². The number of rotatable bonds is 2. The highest BCUT2D eigenvalue weighted by Gasteiger charge is 2.18. The predicted molar refractivity (Wildman–Crippen MR) is 75.9 cm³/mol. The van der Waals surface area contributed by atoms with Crippen molar-refractivity contribution in [1.29, 1.82) is 0 Å². The molecule has 98 valence electrons. The molecule has 0 radical (unpaired) electrons. The van der Waals surface area contributed by atoms with Gasteiger partial charge in [0.05, 0.1) is 16.1 Å². The quantitative estimate of drug-likeness (QED) is 0.895. The molecular weight excluding hydrogens is 284 g/mol. The van der Waals surface area contributed by atoms with Crippen molar-refractivity contribution in [2.24, 2.45) is 5.73 Å². The van der Waals surface area contributed by atoms with Crippen molar-refractivity contribution in [2.45, 2.75) is 6.04 Å². The Morgan fingerprint density at radius 2 is 2.21 bits per heavy atom. The second-order valence-electron chi connectivity index (χ2n) is 4.21. The van der Waals surface area contributed by atoms with Gasteiger partial charge in [-0.2, -0.15) is 0 Å². The number of thiophene rings is 1. The lowest BCUT2D eigenvalue weighted by atomic mass is 10.0. The van der Waals surface area contributed by atoms with E-state index in [0.29, 0.717) is 15.8 Å². The second kappa shape index (κ2) is 4.85. The van der Waals surface area contributed by atoms with Crippen molar-refractivity contribution in [2.75, 3.05) is 11.9 Å². The summed E-state index contributed by atoms with van der Waals surface area (Å²) in [5.74, 6) is 0.511. The lowest BCUT2D eigenvalue weighted by molar-refractivity contribution is -0.118. The van der Waals surface area contributed by atoms with Crippen LogP contribution in [0.5, 0.6) is 5.75 Å². The van der Waals surface area contributed by atoms with E-state index < -0.39 is 0 Å². The number of hydrogen-bond acceptors (Lipinski definition) is 4. The molecule has 3 rings (SSSR count). The molecule has 0 bridgehead atoms. The number of anilines is 1. The van der Waals surface area contributed by atoms with Crippen LogP contribution in [0, 0.1) is 0 Å². The van der Waals surface area contributed by atoms with Crippen molar-refractivity contribution in [3.63, 3.8) is 0 Å². The molecule has 1 aromatic carbocycles. The number of ether oxygens (including phenoxy) is 1. The molecule has 1 aromatic heterocycles.